The molecule has 0 spiro atoms. The van der Waals surface area contributed by atoms with Crippen LogP contribution >= 0.6 is 15.9 Å². The minimum Gasteiger partial charge on any atom is -0.319 e. The van der Waals surface area contributed by atoms with Crippen LogP contribution in [0.3, 0.4) is 0 Å². The predicted octanol–water partition coefficient (Wildman–Crippen LogP) is 7.00. The lowest BCUT2D eigenvalue weighted by Gasteiger charge is -2.13. The average Bonchev–Trinajstić information content (AvgIpc) is 3.23. The molecule has 4 aromatic rings. The zero-order chi connectivity index (χ0) is 23.7. The van der Waals surface area contributed by atoms with Crippen molar-refractivity contribution in [3.8, 4) is 17.1 Å². The molecule has 0 unspecified atom stereocenters. The van der Waals surface area contributed by atoms with Crippen molar-refractivity contribution in [2.24, 2.45) is 0 Å². The molecule has 3 aromatic carbocycles. The first-order chi connectivity index (χ1) is 15.7. The van der Waals surface area contributed by atoms with Crippen LogP contribution in [-0.4, -0.2) is 20.7 Å². The molecule has 0 radical (unpaired) electrons. The second-order valence-electron chi connectivity index (χ2n) is 8.65. The Morgan fingerprint density at radius 3 is 2.33 bits per heavy atom. The zero-order valence-electron chi connectivity index (χ0n) is 19.5. The lowest BCUT2D eigenvalue weighted by atomic mass is 10.0. The van der Waals surface area contributed by atoms with Crippen LogP contribution in [0.4, 0.5) is 5.69 Å². The molecule has 33 heavy (non-hydrogen) atoms. The quantitative estimate of drug-likeness (QED) is 0.319. The highest BCUT2D eigenvalue weighted by molar-refractivity contribution is 9.10. The fraction of sp³-hybridized carbons (Fsp3) is 0.222. The molecule has 0 saturated heterocycles. The molecule has 0 aliphatic heterocycles. The first-order valence-electron chi connectivity index (χ1n) is 11.0. The summed E-state index contributed by atoms with van der Waals surface area (Å²) < 4.78 is 2.72. The van der Waals surface area contributed by atoms with Crippen LogP contribution in [0, 0.1) is 20.8 Å². The fourth-order valence-electron chi connectivity index (χ4n) is 3.64. The number of amides is 1. The largest absolute Gasteiger partial charge is 0.319 e. The third-order valence-corrected chi connectivity index (χ3v) is 6.23. The number of carbonyl (C=O) groups excluding carboxylic acids is 1. The van der Waals surface area contributed by atoms with E-state index in [9.17, 15) is 4.79 Å². The van der Waals surface area contributed by atoms with E-state index in [1.807, 2.05) is 55.5 Å². The molecule has 168 valence electrons. The summed E-state index contributed by atoms with van der Waals surface area (Å²) in [6.07, 6.45) is 0. The van der Waals surface area contributed by atoms with Gasteiger partial charge in [0, 0.05) is 15.7 Å². The van der Waals surface area contributed by atoms with Gasteiger partial charge in [-0.1, -0.05) is 65.7 Å². The van der Waals surface area contributed by atoms with E-state index in [4.69, 9.17) is 0 Å². The molecule has 1 N–H and O–H groups in total. The predicted molar refractivity (Wildman–Crippen MR) is 137 cm³/mol. The van der Waals surface area contributed by atoms with Crippen molar-refractivity contribution < 1.29 is 4.79 Å². The van der Waals surface area contributed by atoms with E-state index in [1.165, 1.54) is 5.56 Å². The third-order valence-electron chi connectivity index (χ3n) is 5.74. The maximum Gasteiger partial charge on any atom is 0.295 e. The highest BCUT2D eigenvalue weighted by Crippen LogP contribution is 2.29. The summed E-state index contributed by atoms with van der Waals surface area (Å²) in [5, 5.41) is 7.63. The standard InChI is InChI=1S/C27H27BrN4O/c1-16(2)23-15-21(28)11-13-24(23)29-27(33)25-30-26(20-9-6-17(3)7-10-20)32(31-25)22-12-8-18(4)19(5)14-22/h6-16H,1-5H3,(H,29,33). The van der Waals surface area contributed by atoms with Gasteiger partial charge in [-0.2, -0.15) is 0 Å². The average molecular weight is 503 g/mol. The number of nitrogens with zero attached hydrogens (tertiary/aromatic N) is 3. The number of hydrogen-bond acceptors (Lipinski definition) is 3. The summed E-state index contributed by atoms with van der Waals surface area (Å²) in [4.78, 5) is 17.9. The maximum absolute atomic E-state index is 13.2. The van der Waals surface area contributed by atoms with E-state index in [2.05, 4.69) is 71.2 Å². The molecular formula is C27H27BrN4O. The van der Waals surface area contributed by atoms with Gasteiger partial charge >= 0.3 is 0 Å². The number of benzene rings is 3. The van der Waals surface area contributed by atoms with E-state index >= 15 is 0 Å². The maximum atomic E-state index is 13.2. The van der Waals surface area contributed by atoms with Crippen LogP contribution in [0.2, 0.25) is 0 Å². The van der Waals surface area contributed by atoms with Crippen molar-refractivity contribution in [1.82, 2.24) is 14.8 Å². The normalized spacial score (nSPS) is 11.1. The summed E-state index contributed by atoms with van der Waals surface area (Å²) in [5.74, 6) is 0.668. The van der Waals surface area contributed by atoms with Gasteiger partial charge in [-0.3, -0.25) is 4.79 Å². The number of halogens is 1. The van der Waals surface area contributed by atoms with Gasteiger partial charge < -0.3 is 5.32 Å². The van der Waals surface area contributed by atoms with E-state index in [0.29, 0.717) is 5.82 Å². The first kappa shape index (κ1) is 22.9. The highest BCUT2D eigenvalue weighted by atomic mass is 79.9. The molecular weight excluding hydrogens is 476 g/mol. The molecule has 1 amide bonds. The summed E-state index contributed by atoms with van der Waals surface area (Å²) in [6, 6.07) is 20.0. The number of aromatic nitrogens is 3. The van der Waals surface area contributed by atoms with Crippen molar-refractivity contribution in [2.45, 2.75) is 40.5 Å². The minimum atomic E-state index is -0.338. The number of aryl methyl sites for hydroxylation is 3. The molecule has 0 aliphatic carbocycles. The molecule has 0 aliphatic rings. The van der Waals surface area contributed by atoms with Crippen molar-refractivity contribution >= 4 is 27.5 Å². The topological polar surface area (TPSA) is 59.8 Å². The molecule has 5 nitrogen and oxygen atoms in total. The summed E-state index contributed by atoms with van der Waals surface area (Å²) in [6.45, 7) is 10.4. The van der Waals surface area contributed by atoms with Crippen LogP contribution in [0.15, 0.2) is 65.1 Å². The van der Waals surface area contributed by atoms with Gasteiger partial charge in [0.25, 0.3) is 5.91 Å². The minimum absolute atomic E-state index is 0.126. The molecule has 6 heteroatoms. The highest BCUT2D eigenvalue weighted by Gasteiger charge is 2.20. The number of hydrogen-bond donors (Lipinski definition) is 1. The Morgan fingerprint density at radius 1 is 0.939 bits per heavy atom. The van der Waals surface area contributed by atoms with Crippen LogP contribution in [0.25, 0.3) is 17.1 Å². The monoisotopic (exact) mass is 502 g/mol. The molecule has 0 fully saturated rings. The molecule has 0 bridgehead atoms. The van der Waals surface area contributed by atoms with E-state index in [-0.39, 0.29) is 17.6 Å². The number of anilines is 1. The van der Waals surface area contributed by atoms with Gasteiger partial charge in [-0.25, -0.2) is 9.67 Å². The SMILES string of the molecule is Cc1ccc(-c2nc(C(=O)Nc3ccc(Br)cc3C(C)C)nn2-c2ccc(C)c(C)c2)cc1. The lowest BCUT2D eigenvalue weighted by molar-refractivity contribution is 0.101. The van der Waals surface area contributed by atoms with Crippen LogP contribution < -0.4 is 5.32 Å². The Labute approximate surface area is 203 Å². The Bertz CT molecular complexity index is 1320. The van der Waals surface area contributed by atoms with Crippen LogP contribution in [0.5, 0.6) is 0 Å². The van der Waals surface area contributed by atoms with Crippen molar-refractivity contribution in [3.63, 3.8) is 0 Å². The van der Waals surface area contributed by atoms with Gasteiger partial charge in [0.15, 0.2) is 5.82 Å². The van der Waals surface area contributed by atoms with E-state index in [0.717, 1.165) is 38.1 Å². The number of nitrogens with one attached hydrogen (secondary N) is 1. The molecule has 1 heterocycles. The Balaban J connectivity index is 1.77. The molecule has 1 aromatic heterocycles. The molecule has 0 atom stereocenters. The van der Waals surface area contributed by atoms with E-state index < -0.39 is 0 Å². The van der Waals surface area contributed by atoms with Gasteiger partial charge in [0.2, 0.25) is 5.82 Å². The lowest BCUT2D eigenvalue weighted by Crippen LogP contribution is -2.16. The smallest absolute Gasteiger partial charge is 0.295 e. The van der Waals surface area contributed by atoms with Crippen molar-refractivity contribution in [2.75, 3.05) is 5.32 Å². The third kappa shape index (κ3) is 4.91. The molecule has 0 saturated carbocycles. The Hall–Kier alpha value is -3.25. The number of carbonyl (C=O) groups is 1. The van der Waals surface area contributed by atoms with Crippen molar-refractivity contribution in [3.05, 3.63) is 93.2 Å². The molecule has 4 rings (SSSR count). The van der Waals surface area contributed by atoms with Crippen LogP contribution in [-0.2, 0) is 0 Å². The zero-order valence-corrected chi connectivity index (χ0v) is 21.1. The summed E-state index contributed by atoms with van der Waals surface area (Å²) in [5.41, 5.74) is 7.09. The first-order valence-corrected chi connectivity index (χ1v) is 11.7. The van der Waals surface area contributed by atoms with Crippen LogP contribution in [0.1, 0.15) is 52.6 Å². The summed E-state index contributed by atoms with van der Waals surface area (Å²) in [7, 11) is 0. The fourth-order valence-corrected chi connectivity index (χ4v) is 4.02. The van der Waals surface area contributed by atoms with E-state index in [1.54, 1.807) is 4.68 Å². The van der Waals surface area contributed by atoms with Gasteiger partial charge in [-0.05, 0) is 73.7 Å². The van der Waals surface area contributed by atoms with Gasteiger partial charge in [0.1, 0.15) is 0 Å². The second kappa shape index (κ2) is 9.32. The second-order valence-corrected chi connectivity index (χ2v) is 9.56. The van der Waals surface area contributed by atoms with Crippen molar-refractivity contribution in [1.29, 1.82) is 0 Å². The Morgan fingerprint density at radius 2 is 1.67 bits per heavy atom. The Kier molecular flexibility index (Phi) is 6.47. The van der Waals surface area contributed by atoms with Gasteiger partial charge in [-0.15, -0.1) is 5.10 Å². The summed E-state index contributed by atoms with van der Waals surface area (Å²) >= 11 is 3.52. The number of rotatable bonds is 5. The van der Waals surface area contributed by atoms with Gasteiger partial charge in [0.05, 0.1) is 5.69 Å².